The summed E-state index contributed by atoms with van der Waals surface area (Å²) in [5.41, 5.74) is 6.53. The van der Waals surface area contributed by atoms with Crippen LogP contribution in [-0.2, 0) is 10.3 Å². The molecule has 0 radical (unpaired) electrons. The van der Waals surface area contributed by atoms with E-state index >= 15 is 0 Å². The molecule has 6 heteroatoms. The molecule has 26 heavy (non-hydrogen) atoms. The molecule has 2 heterocycles. The van der Waals surface area contributed by atoms with Crippen molar-refractivity contribution >= 4 is 18.3 Å². The van der Waals surface area contributed by atoms with E-state index in [0.29, 0.717) is 23.6 Å². The van der Waals surface area contributed by atoms with Gasteiger partial charge in [0.25, 0.3) is 5.91 Å². The van der Waals surface area contributed by atoms with Crippen molar-refractivity contribution in [1.29, 1.82) is 0 Å². The van der Waals surface area contributed by atoms with E-state index in [1.54, 1.807) is 6.20 Å². The molecule has 5 nitrogen and oxygen atoms in total. The Morgan fingerprint density at radius 3 is 2.62 bits per heavy atom. The highest BCUT2D eigenvalue weighted by molar-refractivity contribution is 5.90. The Morgan fingerprint density at radius 1 is 1.42 bits per heavy atom. The van der Waals surface area contributed by atoms with Crippen LogP contribution in [0, 0.1) is 11.8 Å². The van der Waals surface area contributed by atoms with Crippen LogP contribution in [0.4, 0.5) is 0 Å². The highest BCUT2D eigenvalue weighted by Gasteiger charge is 2.53. The van der Waals surface area contributed by atoms with Gasteiger partial charge in [-0.25, -0.2) is 0 Å². The van der Waals surface area contributed by atoms with E-state index in [4.69, 9.17) is 10.5 Å². The number of amides is 1. The molecule has 1 aromatic rings. The van der Waals surface area contributed by atoms with Gasteiger partial charge in [-0.05, 0) is 43.9 Å². The van der Waals surface area contributed by atoms with Gasteiger partial charge in [-0.1, -0.05) is 19.8 Å². The minimum atomic E-state index is -0.479. The molecular formula is C20H32ClN3O2. The molecule has 1 aliphatic carbocycles. The highest BCUT2D eigenvalue weighted by atomic mass is 35.5. The van der Waals surface area contributed by atoms with Gasteiger partial charge in [-0.2, -0.15) is 0 Å². The fraction of sp³-hybridized carbons (Fsp3) is 0.700. The minimum Gasteiger partial charge on any atom is -0.373 e. The zero-order valence-electron chi connectivity index (χ0n) is 16.1. The maximum Gasteiger partial charge on any atom is 0.267 e. The van der Waals surface area contributed by atoms with Crippen molar-refractivity contribution in [1.82, 2.24) is 9.88 Å². The first kappa shape index (κ1) is 21.1. The van der Waals surface area contributed by atoms with Gasteiger partial charge in [0.05, 0.1) is 0 Å². The van der Waals surface area contributed by atoms with Crippen LogP contribution in [-0.4, -0.2) is 42.0 Å². The summed E-state index contributed by atoms with van der Waals surface area (Å²) in [4.78, 5) is 18.4. The average Bonchev–Trinajstić information content (AvgIpc) is 2.60. The number of likely N-dealkylation sites (tertiary alicyclic amines) is 1. The molecule has 2 fully saturated rings. The van der Waals surface area contributed by atoms with Gasteiger partial charge in [0.1, 0.15) is 11.3 Å². The summed E-state index contributed by atoms with van der Waals surface area (Å²) in [6.45, 7) is 6.71. The molecular weight excluding hydrogens is 350 g/mol. The molecule has 3 rings (SSSR count). The van der Waals surface area contributed by atoms with Crippen molar-refractivity contribution < 1.29 is 9.53 Å². The molecule has 146 valence electrons. The van der Waals surface area contributed by atoms with E-state index in [9.17, 15) is 4.79 Å². The second kappa shape index (κ2) is 8.68. The molecule has 2 bridgehead atoms. The zero-order valence-corrected chi connectivity index (χ0v) is 16.9. The maximum atomic E-state index is 11.6. The number of carbonyl (C=O) groups excluding carboxylic acids is 1. The number of primary amides is 1. The fourth-order valence-electron chi connectivity index (χ4n) is 5.16. The van der Waals surface area contributed by atoms with Crippen LogP contribution in [0.15, 0.2) is 18.3 Å². The topological polar surface area (TPSA) is 68.4 Å². The van der Waals surface area contributed by atoms with E-state index in [1.807, 2.05) is 19.2 Å². The number of ether oxygens (including phenoxy) is 1. The Morgan fingerprint density at radius 2 is 2.08 bits per heavy atom. The summed E-state index contributed by atoms with van der Waals surface area (Å²) in [6, 6.07) is 4.47. The van der Waals surface area contributed by atoms with Crippen molar-refractivity contribution in [3.8, 4) is 0 Å². The van der Waals surface area contributed by atoms with Crippen molar-refractivity contribution in [3.05, 3.63) is 29.6 Å². The van der Waals surface area contributed by atoms with Crippen LogP contribution in [0.1, 0.15) is 62.0 Å². The summed E-state index contributed by atoms with van der Waals surface area (Å²) >= 11 is 0. The van der Waals surface area contributed by atoms with Crippen LogP contribution >= 0.6 is 12.4 Å². The van der Waals surface area contributed by atoms with Gasteiger partial charge in [0.2, 0.25) is 0 Å². The van der Waals surface area contributed by atoms with E-state index in [1.165, 1.54) is 19.3 Å². The molecule has 4 atom stereocenters. The van der Waals surface area contributed by atoms with Crippen LogP contribution in [0.5, 0.6) is 0 Å². The van der Waals surface area contributed by atoms with Gasteiger partial charge < -0.3 is 10.5 Å². The van der Waals surface area contributed by atoms with E-state index in [0.717, 1.165) is 31.5 Å². The van der Waals surface area contributed by atoms with Crippen LogP contribution in [0.2, 0.25) is 0 Å². The number of hydrogen-bond donors (Lipinski definition) is 1. The Balaban J connectivity index is 0.00000243. The minimum absolute atomic E-state index is 0. The third-order valence-electron chi connectivity index (χ3n) is 6.36. The van der Waals surface area contributed by atoms with Crippen molar-refractivity contribution in [2.24, 2.45) is 17.6 Å². The van der Waals surface area contributed by atoms with Gasteiger partial charge in [-0.3, -0.25) is 14.7 Å². The van der Waals surface area contributed by atoms with Crippen LogP contribution < -0.4 is 5.73 Å². The second-order valence-electron chi connectivity index (χ2n) is 7.71. The Labute approximate surface area is 163 Å². The number of fused-ring (bicyclic) bond motifs is 2. The van der Waals surface area contributed by atoms with Crippen molar-refractivity contribution in [2.75, 3.05) is 20.2 Å². The van der Waals surface area contributed by atoms with E-state index < -0.39 is 5.91 Å². The maximum absolute atomic E-state index is 11.6. The number of nitrogens with zero attached hydrogens (tertiary/aromatic N) is 2. The number of nitrogens with two attached hydrogens (primary N) is 1. The normalized spacial score (nSPS) is 29.7. The van der Waals surface area contributed by atoms with Gasteiger partial charge >= 0.3 is 0 Å². The average molecular weight is 382 g/mol. The third kappa shape index (κ3) is 3.62. The van der Waals surface area contributed by atoms with Gasteiger partial charge in [0, 0.05) is 44.3 Å². The molecule has 2 aliphatic rings. The first-order chi connectivity index (χ1) is 12.0. The molecule has 1 unspecified atom stereocenters. The molecule has 1 aromatic heterocycles. The molecule has 1 aliphatic heterocycles. The standard InChI is InChI=1S/C20H31N3O2.ClH/c1-4-6-14(2)23-12-16-7-5-8-17(13-23)20(16,25-3)15-9-10-22-18(11-15)19(21)24;/h9-11,14,16-17H,4-8,12-13H2,1-3H3,(H2,21,24);1H/t14?,16-,17+,20+;. The second-order valence-corrected chi connectivity index (χ2v) is 7.71. The predicted octanol–water partition coefficient (Wildman–Crippen LogP) is 3.36. The summed E-state index contributed by atoms with van der Waals surface area (Å²) in [5.74, 6) is 0.395. The number of carbonyl (C=O) groups is 1. The molecule has 1 amide bonds. The van der Waals surface area contributed by atoms with E-state index in [-0.39, 0.29) is 18.0 Å². The first-order valence-electron chi connectivity index (χ1n) is 9.58. The van der Waals surface area contributed by atoms with Gasteiger partial charge in [-0.15, -0.1) is 12.4 Å². The van der Waals surface area contributed by atoms with Gasteiger partial charge in [0.15, 0.2) is 0 Å². The van der Waals surface area contributed by atoms with Crippen molar-refractivity contribution in [3.63, 3.8) is 0 Å². The number of pyridine rings is 1. The Hall–Kier alpha value is -1.17. The number of hydrogen-bond acceptors (Lipinski definition) is 4. The number of methoxy groups -OCH3 is 1. The summed E-state index contributed by atoms with van der Waals surface area (Å²) in [6.07, 6.45) is 7.72. The first-order valence-corrected chi connectivity index (χ1v) is 9.58. The highest BCUT2D eigenvalue weighted by Crippen LogP contribution is 2.51. The number of aromatic nitrogens is 1. The zero-order chi connectivity index (χ0) is 18.0. The third-order valence-corrected chi connectivity index (χ3v) is 6.36. The quantitative estimate of drug-likeness (QED) is 0.820. The number of piperidine rings is 1. The lowest BCUT2D eigenvalue weighted by Crippen LogP contribution is -2.60. The molecule has 0 aromatic carbocycles. The monoisotopic (exact) mass is 381 g/mol. The summed E-state index contributed by atoms with van der Waals surface area (Å²) < 4.78 is 6.25. The SMILES string of the molecule is CCCC(C)N1C[C@H]2CCC[C@@H](C1)[C@]2(OC)c1ccnc(C(N)=O)c1.Cl. The Bertz CT molecular complexity index is 611. The summed E-state index contributed by atoms with van der Waals surface area (Å²) in [7, 11) is 1.82. The molecule has 0 spiro atoms. The molecule has 2 N–H and O–H groups in total. The van der Waals surface area contributed by atoms with Crippen molar-refractivity contribution in [2.45, 2.75) is 57.6 Å². The fourth-order valence-corrected chi connectivity index (χ4v) is 5.16. The van der Waals surface area contributed by atoms with Crippen LogP contribution in [0.25, 0.3) is 0 Å². The lowest BCUT2D eigenvalue weighted by atomic mass is 9.62. The largest absolute Gasteiger partial charge is 0.373 e. The van der Waals surface area contributed by atoms with E-state index in [2.05, 4.69) is 23.7 Å². The lowest BCUT2D eigenvalue weighted by molar-refractivity contribution is -0.173. The predicted molar refractivity (Wildman–Crippen MR) is 105 cm³/mol. The molecule has 1 saturated carbocycles. The number of halogens is 1. The molecule has 1 saturated heterocycles. The summed E-state index contributed by atoms with van der Waals surface area (Å²) in [5, 5.41) is 0. The Kier molecular flexibility index (Phi) is 7.05. The van der Waals surface area contributed by atoms with Crippen LogP contribution in [0.3, 0.4) is 0 Å². The smallest absolute Gasteiger partial charge is 0.267 e. The lowest BCUT2D eigenvalue weighted by Gasteiger charge is -2.56. The number of rotatable bonds is 6.